The van der Waals surface area contributed by atoms with Crippen molar-refractivity contribution >= 4 is 0 Å². The number of benzene rings is 2. The van der Waals surface area contributed by atoms with Gasteiger partial charge in [-0.25, -0.2) is 4.39 Å². The maximum Gasteiger partial charge on any atom is 0.131 e. The van der Waals surface area contributed by atoms with Crippen molar-refractivity contribution < 1.29 is 4.39 Å². The van der Waals surface area contributed by atoms with Gasteiger partial charge >= 0.3 is 0 Å². The lowest BCUT2D eigenvalue weighted by Gasteiger charge is -2.25. The van der Waals surface area contributed by atoms with E-state index in [-0.39, 0.29) is 5.82 Å². The van der Waals surface area contributed by atoms with Crippen LogP contribution in [0.4, 0.5) is 4.39 Å². The van der Waals surface area contributed by atoms with Gasteiger partial charge in [0, 0.05) is 5.56 Å². The highest BCUT2D eigenvalue weighted by Gasteiger charge is 2.19. The first-order valence-corrected chi connectivity index (χ1v) is 6.91. The van der Waals surface area contributed by atoms with Crippen LogP contribution in [-0.2, 0) is 0 Å². The number of nitrogens with one attached hydrogen (secondary N) is 1. The number of rotatable bonds is 2. The molecule has 0 amide bonds. The zero-order valence-corrected chi connectivity index (χ0v) is 10.9. The molecular formula is C17H18FN. The van der Waals surface area contributed by atoms with Gasteiger partial charge in [-0.1, -0.05) is 42.5 Å². The Morgan fingerprint density at radius 1 is 0.842 bits per heavy atom. The lowest BCUT2D eigenvalue weighted by atomic mass is 9.85. The Bertz CT molecular complexity index is 559. The largest absolute Gasteiger partial charge is 0.317 e. The van der Waals surface area contributed by atoms with Crippen LogP contribution in [-0.4, -0.2) is 13.1 Å². The van der Waals surface area contributed by atoms with Gasteiger partial charge in [0.25, 0.3) is 0 Å². The molecule has 3 rings (SSSR count). The molecule has 2 aromatic rings. The fraction of sp³-hybridized carbons (Fsp3) is 0.294. The fourth-order valence-electron chi connectivity index (χ4n) is 2.91. The van der Waals surface area contributed by atoms with Gasteiger partial charge in [-0.15, -0.1) is 0 Å². The van der Waals surface area contributed by atoms with Gasteiger partial charge in [-0.05, 0) is 49.0 Å². The molecule has 1 heterocycles. The summed E-state index contributed by atoms with van der Waals surface area (Å²) in [6.07, 6.45) is 2.26. The van der Waals surface area contributed by atoms with Crippen LogP contribution in [0.5, 0.6) is 0 Å². The second kappa shape index (κ2) is 5.54. The van der Waals surface area contributed by atoms with Gasteiger partial charge in [-0.3, -0.25) is 0 Å². The quantitative estimate of drug-likeness (QED) is 0.856. The van der Waals surface area contributed by atoms with Gasteiger partial charge in [0.15, 0.2) is 0 Å². The molecule has 2 heteroatoms. The normalized spacial score (nSPS) is 16.5. The molecule has 0 saturated carbocycles. The van der Waals surface area contributed by atoms with Crippen molar-refractivity contribution in [2.24, 2.45) is 0 Å². The van der Waals surface area contributed by atoms with Crippen LogP contribution < -0.4 is 5.32 Å². The minimum atomic E-state index is -0.135. The second-order valence-electron chi connectivity index (χ2n) is 5.09. The molecule has 19 heavy (non-hydrogen) atoms. The van der Waals surface area contributed by atoms with Crippen LogP contribution in [0.3, 0.4) is 0 Å². The Hall–Kier alpha value is -1.67. The van der Waals surface area contributed by atoms with Crippen LogP contribution in [0.1, 0.15) is 24.3 Å². The predicted octanol–water partition coefficient (Wildman–Crippen LogP) is 3.96. The summed E-state index contributed by atoms with van der Waals surface area (Å²) in [6.45, 7) is 2.10. The molecule has 1 N–H and O–H groups in total. The summed E-state index contributed by atoms with van der Waals surface area (Å²) >= 11 is 0. The van der Waals surface area contributed by atoms with E-state index < -0.39 is 0 Å². The molecule has 1 saturated heterocycles. The molecule has 0 spiro atoms. The Balaban J connectivity index is 2.04. The van der Waals surface area contributed by atoms with E-state index in [1.54, 1.807) is 6.07 Å². The zero-order valence-electron chi connectivity index (χ0n) is 10.9. The first-order chi connectivity index (χ1) is 9.36. The molecule has 0 aromatic heterocycles. The molecular weight excluding hydrogens is 237 g/mol. The fourth-order valence-corrected chi connectivity index (χ4v) is 2.91. The summed E-state index contributed by atoms with van der Waals surface area (Å²) < 4.78 is 14.0. The Morgan fingerprint density at radius 3 is 2.21 bits per heavy atom. The van der Waals surface area contributed by atoms with Gasteiger partial charge in [0.05, 0.1) is 0 Å². The molecule has 2 aromatic carbocycles. The lowest BCUT2D eigenvalue weighted by Crippen LogP contribution is -2.26. The highest BCUT2D eigenvalue weighted by Crippen LogP contribution is 2.34. The minimum Gasteiger partial charge on any atom is -0.317 e. The lowest BCUT2D eigenvalue weighted by molar-refractivity contribution is 0.461. The highest BCUT2D eigenvalue weighted by molar-refractivity contribution is 5.68. The summed E-state index contributed by atoms with van der Waals surface area (Å²) in [5.74, 6) is 0.404. The number of piperidine rings is 1. The van der Waals surface area contributed by atoms with Crippen molar-refractivity contribution in [2.75, 3.05) is 13.1 Å². The third-order valence-electron chi connectivity index (χ3n) is 3.90. The first-order valence-electron chi connectivity index (χ1n) is 6.91. The van der Waals surface area contributed by atoms with Crippen molar-refractivity contribution in [1.82, 2.24) is 5.32 Å². The Labute approximate surface area is 113 Å². The molecule has 0 unspecified atom stereocenters. The highest BCUT2D eigenvalue weighted by atomic mass is 19.1. The Morgan fingerprint density at radius 2 is 1.47 bits per heavy atom. The number of hydrogen-bond donors (Lipinski definition) is 1. The zero-order chi connectivity index (χ0) is 13.1. The van der Waals surface area contributed by atoms with Crippen molar-refractivity contribution in [3.8, 4) is 11.1 Å². The maximum atomic E-state index is 14.0. The summed E-state index contributed by atoms with van der Waals surface area (Å²) in [5.41, 5.74) is 3.05. The summed E-state index contributed by atoms with van der Waals surface area (Å²) in [4.78, 5) is 0. The molecule has 1 nitrogen and oxygen atoms in total. The van der Waals surface area contributed by atoms with Gasteiger partial charge in [-0.2, -0.15) is 0 Å². The van der Waals surface area contributed by atoms with Crippen LogP contribution in [0.15, 0.2) is 48.5 Å². The monoisotopic (exact) mass is 255 g/mol. The maximum absolute atomic E-state index is 14.0. The summed E-state index contributed by atoms with van der Waals surface area (Å²) in [6, 6.07) is 15.3. The average Bonchev–Trinajstić information content (AvgIpc) is 2.49. The van der Waals surface area contributed by atoms with Crippen LogP contribution in [0, 0.1) is 5.82 Å². The topological polar surface area (TPSA) is 12.0 Å². The third-order valence-corrected chi connectivity index (χ3v) is 3.90. The summed E-state index contributed by atoms with van der Waals surface area (Å²) in [7, 11) is 0. The van der Waals surface area contributed by atoms with Gasteiger partial charge in [0.1, 0.15) is 5.82 Å². The van der Waals surface area contributed by atoms with E-state index in [0.29, 0.717) is 5.92 Å². The number of halogens is 1. The number of hydrogen-bond acceptors (Lipinski definition) is 1. The first kappa shape index (κ1) is 12.4. The van der Waals surface area contributed by atoms with Gasteiger partial charge < -0.3 is 5.32 Å². The molecule has 0 aliphatic carbocycles. The standard InChI is InChI=1S/C17H18FN/c18-17-8-4-3-7-16(17)15-6-2-1-5-14(15)13-9-11-19-12-10-13/h1-8,13,19H,9-12H2. The average molecular weight is 255 g/mol. The van der Waals surface area contributed by atoms with Crippen molar-refractivity contribution in [1.29, 1.82) is 0 Å². The molecule has 1 aliphatic heterocycles. The van der Waals surface area contributed by atoms with E-state index in [0.717, 1.165) is 37.1 Å². The minimum absolute atomic E-state index is 0.135. The SMILES string of the molecule is Fc1ccccc1-c1ccccc1C1CCNCC1. The van der Waals surface area contributed by atoms with E-state index in [4.69, 9.17) is 0 Å². The van der Waals surface area contributed by atoms with E-state index in [1.165, 1.54) is 11.6 Å². The van der Waals surface area contributed by atoms with Crippen LogP contribution in [0.2, 0.25) is 0 Å². The molecule has 0 bridgehead atoms. The molecule has 98 valence electrons. The Kier molecular flexibility index (Phi) is 3.60. The van der Waals surface area contributed by atoms with E-state index in [9.17, 15) is 4.39 Å². The van der Waals surface area contributed by atoms with E-state index in [1.807, 2.05) is 24.3 Å². The molecule has 1 fully saturated rings. The van der Waals surface area contributed by atoms with Crippen molar-refractivity contribution in [3.63, 3.8) is 0 Å². The van der Waals surface area contributed by atoms with Crippen molar-refractivity contribution in [2.45, 2.75) is 18.8 Å². The van der Waals surface area contributed by atoms with E-state index in [2.05, 4.69) is 17.4 Å². The molecule has 0 atom stereocenters. The van der Waals surface area contributed by atoms with Crippen molar-refractivity contribution in [3.05, 3.63) is 59.9 Å². The molecule has 0 radical (unpaired) electrons. The third kappa shape index (κ3) is 2.54. The molecule has 1 aliphatic rings. The smallest absolute Gasteiger partial charge is 0.131 e. The summed E-state index contributed by atoms with van der Waals surface area (Å²) in [5, 5.41) is 3.38. The predicted molar refractivity (Wildman–Crippen MR) is 76.7 cm³/mol. The van der Waals surface area contributed by atoms with Crippen LogP contribution in [0.25, 0.3) is 11.1 Å². The van der Waals surface area contributed by atoms with E-state index >= 15 is 0 Å². The van der Waals surface area contributed by atoms with Crippen LogP contribution >= 0.6 is 0 Å². The van der Waals surface area contributed by atoms with Gasteiger partial charge in [0.2, 0.25) is 0 Å². The second-order valence-corrected chi connectivity index (χ2v) is 5.09.